The van der Waals surface area contributed by atoms with Crippen LogP contribution in [-0.4, -0.2) is 88.0 Å². The minimum absolute atomic E-state index is 0.0944. The van der Waals surface area contributed by atoms with Gasteiger partial charge in [-0.1, -0.05) is 0 Å². The van der Waals surface area contributed by atoms with Crippen LogP contribution in [0.5, 0.6) is 0 Å². The van der Waals surface area contributed by atoms with E-state index in [4.69, 9.17) is 4.55 Å². The molecule has 1 aromatic rings. The van der Waals surface area contributed by atoms with Crippen LogP contribution in [0.4, 0.5) is 4.79 Å². The summed E-state index contributed by atoms with van der Waals surface area (Å²) in [4.78, 5) is 42.6. The molecule has 3 amide bonds. The molecular formula is C16H22N6O7S. The van der Waals surface area contributed by atoms with Gasteiger partial charge in [-0.25, -0.2) is 9.78 Å². The van der Waals surface area contributed by atoms with Crippen LogP contribution in [0.25, 0.3) is 0 Å². The molecule has 0 aromatic carbocycles. The van der Waals surface area contributed by atoms with E-state index < -0.39 is 34.4 Å². The van der Waals surface area contributed by atoms with Gasteiger partial charge in [-0.15, -0.1) is 4.28 Å². The fraction of sp³-hybridized carbons (Fsp3) is 0.625. The van der Waals surface area contributed by atoms with Crippen molar-refractivity contribution in [1.82, 2.24) is 30.1 Å². The lowest BCUT2D eigenvalue weighted by molar-refractivity contribution is -0.129. The van der Waals surface area contributed by atoms with Gasteiger partial charge in [0.05, 0.1) is 25.0 Å². The van der Waals surface area contributed by atoms with E-state index in [-0.39, 0.29) is 37.4 Å². The Hall–Kier alpha value is -2.55. The molecule has 0 radical (unpaired) electrons. The highest BCUT2D eigenvalue weighted by Gasteiger charge is 2.49. The van der Waals surface area contributed by atoms with Crippen molar-refractivity contribution in [2.75, 3.05) is 19.6 Å². The summed E-state index contributed by atoms with van der Waals surface area (Å²) in [5, 5.41) is 6.29. The van der Waals surface area contributed by atoms with Crippen molar-refractivity contribution < 1.29 is 31.6 Å². The van der Waals surface area contributed by atoms with Gasteiger partial charge in [0.1, 0.15) is 6.04 Å². The summed E-state index contributed by atoms with van der Waals surface area (Å²) in [7, 11) is -4.85. The van der Waals surface area contributed by atoms with Gasteiger partial charge in [-0.3, -0.25) is 14.1 Å². The quantitative estimate of drug-likeness (QED) is 0.425. The van der Waals surface area contributed by atoms with Gasteiger partial charge in [0, 0.05) is 31.5 Å². The Morgan fingerprint density at radius 1 is 1.33 bits per heavy atom. The van der Waals surface area contributed by atoms with E-state index in [0.717, 1.165) is 0 Å². The molecule has 0 aliphatic carbocycles. The molecule has 3 N–H and O–H groups in total. The van der Waals surface area contributed by atoms with Gasteiger partial charge < -0.3 is 20.1 Å². The summed E-state index contributed by atoms with van der Waals surface area (Å²) in [5.41, 5.74) is 0. The lowest BCUT2D eigenvalue weighted by Gasteiger charge is -2.29. The SMILES string of the molecule is O=C(CNC(=O)[C@@H]1CC[C@@H]2CN1C(=O)N2OS(=O)(=O)O)C1C[C@H](n2ccnc2)CN1. The third-order valence-electron chi connectivity index (χ3n) is 5.68. The van der Waals surface area contributed by atoms with Crippen LogP contribution in [0.1, 0.15) is 25.3 Å². The van der Waals surface area contributed by atoms with Crippen molar-refractivity contribution >= 4 is 28.1 Å². The topological polar surface area (TPSA) is 163 Å². The molecule has 3 saturated heterocycles. The lowest BCUT2D eigenvalue weighted by Crippen LogP contribution is -2.51. The Morgan fingerprint density at radius 3 is 2.83 bits per heavy atom. The third-order valence-corrected chi connectivity index (χ3v) is 6.03. The van der Waals surface area contributed by atoms with E-state index in [2.05, 4.69) is 19.9 Å². The first-order chi connectivity index (χ1) is 14.2. The summed E-state index contributed by atoms with van der Waals surface area (Å²) in [6.07, 6.45) is 6.39. The van der Waals surface area contributed by atoms with Crippen molar-refractivity contribution in [3.63, 3.8) is 0 Å². The first kappa shape index (κ1) is 20.7. The first-order valence-corrected chi connectivity index (χ1v) is 10.9. The zero-order chi connectivity index (χ0) is 21.5. The monoisotopic (exact) mass is 442 g/mol. The molecule has 4 heterocycles. The van der Waals surface area contributed by atoms with Gasteiger partial charge in [-0.05, 0) is 19.3 Å². The zero-order valence-corrected chi connectivity index (χ0v) is 16.7. The summed E-state index contributed by atoms with van der Waals surface area (Å²) < 4.78 is 36.9. The summed E-state index contributed by atoms with van der Waals surface area (Å²) in [6, 6.07) is -2.51. The number of hydroxylamine groups is 2. The van der Waals surface area contributed by atoms with Crippen LogP contribution in [0, 0.1) is 0 Å². The number of rotatable bonds is 7. The van der Waals surface area contributed by atoms with Crippen LogP contribution in [0.15, 0.2) is 18.7 Å². The Bertz CT molecular complexity index is 936. The van der Waals surface area contributed by atoms with Crippen molar-refractivity contribution in [1.29, 1.82) is 0 Å². The first-order valence-electron chi connectivity index (χ1n) is 9.51. The number of hydrogen-bond acceptors (Lipinski definition) is 8. The van der Waals surface area contributed by atoms with E-state index in [1.165, 1.54) is 4.90 Å². The van der Waals surface area contributed by atoms with Crippen molar-refractivity contribution in [2.24, 2.45) is 0 Å². The molecule has 13 nitrogen and oxygen atoms in total. The molecule has 3 fully saturated rings. The second kappa shape index (κ2) is 7.94. The minimum atomic E-state index is -4.85. The minimum Gasteiger partial charge on any atom is -0.347 e. The Labute approximate surface area is 172 Å². The second-order valence-corrected chi connectivity index (χ2v) is 8.56. The standard InChI is InChI=1S/C16H22N6O7S/c23-14(12-5-11(6-18-12)20-4-3-17-9-20)7-19-15(24)13-2-1-10-8-21(13)16(25)22(10)29-30(26,27)28/h3-4,9-13,18H,1-2,5-8H2,(H,19,24)(H,26,27,28)/t10-,11+,12?,13+/m1/s1. The molecule has 1 unspecified atom stereocenters. The lowest BCUT2D eigenvalue weighted by atomic mass is 10.00. The third kappa shape index (κ3) is 4.16. The largest absolute Gasteiger partial charge is 0.418 e. The molecule has 0 spiro atoms. The predicted molar refractivity (Wildman–Crippen MR) is 99.1 cm³/mol. The number of urea groups is 1. The molecule has 14 heteroatoms. The van der Waals surface area contributed by atoms with Gasteiger partial charge >= 0.3 is 16.4 Å². The summed E-state index contributed by atoms with van der Waals surface area (Å²) in [6.45, 7) is 0.536. The van der Waals surface area contributed by atoms with Crippen molar-refractivity contribution in [3.8, 4) is 0 Å². The van der Waals surface area contributed by atoms with Crippen LogP contribution in [0.2, 0.25) is 0 Å². The number of aromatic nitrogens is 2. The summed E-state index contributed by atoms with van der Waals surface area (Å²) >= 11 is 0. The second-order valence-electron chi connectivity index (χ2n) is 7.55. The highest BCUT2D eigenvalue weighted by Crippen LogP contribution is 2.30. The normalized spacial score (nSPS) is 28.8. The molecule has 3 aliphatic heterocycles. The Morgan fingerprint density at radius 2 is 2.13 bits per heavy atom. The predicted octanol–water partition coefficient (Wildman–Crippen LogP) is -1.53. The fourth-order valence-electron chi connectivity index (χ4n) is 4.19. The zero-order valence-electron chi connectivity index (χ0n) is 15.9. The van der Waals surface area contributed by atoms with Crippen LogP contribution >= 0.6 is 0 Å². The molecule has 3 aliphatic rings. The van der Waals surface area contributed by atoms with Gasteiger partial charge in [-0.2, -0.15) is 13.5 Å². The Kier molecular flexibility index (Phi) is 5.48. The number of carbonyl (C=O) groups excluding carboxylic acids is 3. The van der Waals surface area contributed by atoms with E-state index >= 15 is 0 Å². The van der Waals surface area contributed by atoms with E-state index in [1.54, 1.807) is 12.5 Å². The van der Waals surface area contributed by atoms with Crippen LogP contribution in [-0.2, 0) is 24.3 Å². The van der Waals surface area contributed by atoms with E-state index in [0.29, 0.717) is 24.4 Å². The number of carbonyl (C=O) groups is 3. The molecule has 0 saturated carbocycles. The smallest absolute Gasteiger partial charge is 0.347 e. The van der Waals surface area contributed by atoms with E-state index in [9.17, 15) is 22.8 Å². The number of ketones is 1. The highest BCUT2D eigenvalue weighted by molar-refractivity contribution is 7.80. The molecule has 4 atom stereocenters. The van der Waals surface area contributed by atoms with Crippen molar-refractivity contribution in [2.45, 2.75) is 43.4 Å². The highest BCUT2D eigenvalue weighted by atomic mass is 32.3. The maximum Gasteiger partial charge on any atom is 0.418 e. The van der Waals surface area contributed by atoms with Crippen LogP contribution < -0.4 is 10.6 Å². The van der Waals surface area contributed by atoms with Gasteiger partial charge in [0.15, 0.2) is 5.78 Å². The maximum absolute atomic E-state index is 12.6. The molecular weight excluding hydrogens is 420 g/mol. The average molecular weight is 442 g/mol. The fourth-order valence-corrected chi connectivity index (χ4v) is 4.58. The number of amides is 3. The van der Waals surface area contributed by atoms with Gasteiger partial charge in [0.25, 0.3) is 0 Å². The number of imidazole rings is 1. The number of Topliss-reactive ketones (excluding diaryl/α,β-unsaturated/α-hetero) is 1. The summed E-state index contributed by atoms with van der Waals surface area (Å²) in [5.74, 6) is -0.656. The average Bonchev–Trinajstić information content (AvgIpc) is 3.43. The van der Waals surface area contributed by atoms with Crippen LogP contribution in [0.3, 0.4) is 0 Å². The number of nitrogens with zero attached hydrogens (tertiary/aromatic N) is 4. The molecule has 2 bridgehead atoms. The number of nitrogens with one attached hydrogen (secondary N) is 2. The van der Waals surface area contributed by atoms with Gasteiger partial charge in [0.2, 0.25) is 5.91 Å². The van der Waals surface area contributed by atoms with E-state index in [1.807, 2.05) is 10.8 Å². The molecule has 30 heavy (non-hydrogen) atoms. The Balaban J connectivity index is 1.29. The molecule has 164 valence electrons. The molecule has 1 aromatic heterocycles. The number of hydrogen-bond donors (Lipinski definition) is 3. The van der Waals surface area contributed by atoms with Crippen molar-refractivity contribution in [3.05, 3.63) is 18.7 Å². The maximum atomic E-state index is 12.6. The number of piperidine rings is 1. The number of fused-ring (bicyclic) bond motifs is 2. The molecule has 4 rings (SSSR count).